The molecule has 11 nitrogen and oxygen atoms in total. The summed E-state index contributed by atoms with van der Waals surface area (Å²) in [5.74, 6) is -2.01. The summed E-state index contributed by atoms with van der Waals surface area (Å²) >= 11 is 5.86. The third-order valence-electron chi connectivity index (χ3n) is 13.8. The third kappa shape index (κ3) is 3.98. The largest absolute Gasteiger partial charge is 0.454 e. The van der Waals surface area contributed by atoms with Crippen molar-refractivity contribution in [2.45, 2.75) is 80.5 Å². The molecule has 6 aliphatic rings. The zero-order valence-corrected chi connectivity index (χ0v) is 28.3. The molecule has 7 bridgehead atoms. The molecule has 5 aliphatic carbocycles. The highest BCUT2D eigenvalue weighted by Crippen LogP contribution is 2.80. The fourth-order valence-corrected chi connectivity index (χ4v) is 12.5. The monoisotopic (exact) mass is 681 g/mol. The topological polar surface area (TPSA) is 152 Å². The number of carbonyl (C=O) groups is 2. The van der Waals surface area contributed by atoms with Gasteiger partial charge in [0.05, 0.1) is 30.2 Å². The highest BCUT2D eigenvalue weighted by Gasteiger charge is 2.88. The van der Waals surface area contributed by atoms with E-state index in [-0.39, 0.29) is 65.5 Å². The molecule has 5 saturated carbocycles. The van der Waals surface area contributed by atoms with Crippen molar-refractivity contribution in [3.63, 3.8) is 0 Å². The Morgan fingerprint density at radius 2 is 1.88 bits per heavy atom. The highest BCUT2D eigenvalue weighted by atomic mass is 35.5. The lowest BCUT2D eigenvalue weighted by atomic mass is 9.42. The van der Waals surface area contributed by atoms with E-state index in [1.807, 2.05) is 0 Å². The first kappa shape index (κ1) is 32.7. The molecule has 48 heavy (non-hydrogen) atoms. The Labute approximate surface area is 284 Å². The van der Waals surface area contributed by atoms with E-state index in [0.29, 0.717) is 56.3 Å². The van der Waals surface area contributed by atoms with Gasteiger partial charge in [-0.15, -0.1) is 0 Å². The Bertz CT molecular complexity index is 1630. The van der Waals surface area contributed by atoms with Gasteiger partial charge in [-0.3, -0.25) is 9.69 Å². The standard InChI is InChI=1S/C36H44ClN3O8/c1-4-40-18-33(48-32(43)21-8-6-5-7-19(21)11-25(42)24-15-39-29(37)16-38-24)10-9-20(17-41)35-27(33)13-23(30(35)40)34(44)14-26(46-2)22-12-28(35)36(34,45)31(22)47-3/h5-8,15-16,20,22-23,26-28,30-31,41,44-45H,4,9-14,17-18H2,1-3H3/t20-,22-,23+,26+,27?,28?,30?,31+,33-,34+,35+,36+/m1/s1. The first-order chi connectivity index (χ1) is 23.0. The fourth-order valence-electron chi connectivity index (χ4n) is 12.4. The lowest BCUT2D eigenvalue weighted by Crippen LogP contribution is -2.82. The van der Waals surface area contributed by atoms with Crippen LogP contribution in [0.25, 0.3) is 0 Å². The summed E-state index contributed by atoms with van der Waals surface area (Å²) < 4.78 is 18.8. The zero-order chi connectivity index (χ0) is 33.8. The first-order valence-corrected chi connectivity index (χ1v) is 17.6. The lowest BCUT2D eigenvalue weighted by Gasteiger charge is -2.71. The van der Waals surface area contributed by atoms with Crippen LogP contribution < -0.4 is 0 Å². The molecular weight excluding hydrogens is 638 g/mol. The zero-order valence-electron chi connectivity index (χ0n) is 27.5. The van der Waals surface area contributed by atoms with Crippen molar-refractivity contribution in [1.29, 1.82) is 0 Å². The second-order valence-corrected chi connectivity index (χ2v) is 15.5. The molecule has 3 unspecified atom stereocenters. The van der Waals surface area contributed by atoms with Crippen LogP contribution in [0.15, 0.2) is 36.7 Å². The number of aliphatic hydroxyl groups excluding tert-OH is 1. The van der Waals surface area contributed by atoms with Gasteiger partial charge in [-0.2, -0.15) is 0 Å². The predicted molar refractivity (Wildman–Crippen MR) is 172 cm³/mol. The number of hydrogen-bond donors (Lipinski definition) is 3. The third-order valence-corrected chi connectivity index (χ3v) is 14.0. The Balaban J connectivity index is 1.20. The number of ketones is 1. The summed E-state index contributed by atoms with van der Waals surface area (Å²) in [4.78, 5) is 38.0. The second-order valence-electron chi connectivity index (χ2n) is 15.1. The molecule has 3 N–H and O–H groups in total. The smallest absolute Gasteiger partial charge is 0.339 e. The van der Waals surface area contributed by atoms with Crippen LogP contribution in [0.3, 0.4) is 0 Å². The summed E-state index contributed by atoms with van der Waals surface area (Å²) in [6.45, 7) is 3.19. The van der Waals surface area contributed by atoms with Crippen molar-refractivity contribution in [3.05, 3.63) is 58.6 Å². The molecule has 8 rings (SSSR count). The summed E-state index contributed by atoms with van der Waals surface area (Å²) in [6, 6.07) is 6.87. The van der Waals surface area contributed by atoms with Crippen LogP contribution in [-0.4, -0.2) is 111 Å². The Kier molecular flexibility index (Phi) is 7.66. The maximum Gasteiger partial charge on any atom is 0.339 e. The number of benzene rings is 1. The molecule has 12 atom stereocenters. The number of piperidine rings is 1. The van der Waals surface area contributed by atoms with Crippen LogP contribution in [0.2, 0.25) is 5.15 Å². The number of aliphatic hydroxyl groups is 3. The maximum atomic E-state index is 14.4. The van der Waals surface area contributed by atoms with Gasteiger partial charge in [-0.1, -0.05) is 36.7 Å². The Morgan fingerprint density at radius 3 is 2.56 bits per heavy atom. The number of ether oxygens (including phenoxy) is 3. The number of esters is 1. The van der Waals surface area contributed by atoms with Crippen molar-refractivity contribution in [3.8, 4) is 0 Å². The second kappa shape index (κ2) is 11.2. The molecule has 258 valence electrons. The molecule has 2 heterocycles. The van der Waals surface area contributed by atoms with E-state index in [2.05, 4.69) is 21.8 Å². The van der Waals surface area contributed by atoms with Crippen molar-refractivity contribution in [1.82, 2.24) is 14.9 Å². The van der Waals surface area contributed by atoms with Crippen LogP contribution in [0.1, 0.15) is 65.4 Å². The molecule has 0 amide bonds. The summed E-state index contributed by atoms with van der Waals surface area (Å²) in [5, 5.41) is 37.1. The minimum atomic E-state index is -1.54. The molecule has 1 spiro atoms. The molecule has 6 fully saturated rings. The van der Waals surface area contributed by atoms with Gasteiger partial charge in [0.25, 0.3) is 0 Å². The lowest BCUT2D eigenvalue weighted by molar-refractivity contribution is -0.333. The number of aromatic nitrogens is 2. The molecule has 1 aromatic carbocycles. The van der Waals surface area contributed by atoms with Gasteiger partial charge in [0.1, 0.15) is 27.7 Å². The average Bonchev–Trinajstić information content (AvgIpc) is 3.51. The summed E-state index contributed by atoms with van der Waals surface area (Å²) in [7, 11) is 3.26. The molecule has 1 aliphatic heterocycles. The van der Waals surface area contributed by atoms with E-state index in [0.717, 1.165) is 0 Å². The van der Waals surface area contributed by atoms with Gasteiger partial charge in [0.2, 0.25) is 0 Å². The van der Waals surface area contributed by atoms with Gasteiger partial charge in [0.15, 0.2) is 5.78 Å². The molecular formula is C36H44ClN3O8. The average molecular weight is 682 g/mol. The number of hydrogen-bond acceptors (Lipinski definition) is 11. The van der Waals surface area contributed by atoms with E-state index in [1.54, 1.807) is 38.5 Å². The fraction of sp³-hybridized carbons (Fsp3) is 0.667. The minimum Gasteiger partial charge on any atom is -0.454 e. The number of fused-ring (bicyclic) bond motifs is 2. The number of carbonyl (C=O) groups excluding carboxylic acids is 2. The molecule has 1 aromatic heterocycles. The highest BCUT2D eigenvalue weighted by molar-refractivity contribution is 6.29. The number of halogens is 1. The molecule has 1 saturated heterocycles. The van der Waals surface area contributed by atoms with Gasteiger partial charge < -0.3 is 29.5 Å². The Morgan fingerprint density at radius 1 is 1.08 bits per heavy atom. The van der Waals surface area contributed by atoms with Crippen LogP contribution in [0, 0.1) is 35.0 Å². The molecule has 0 radical (unpaired) electrons. The van der Waals surface area contributed by atoms with Crippen LogP contribution in [0.4, 0.5) is 0 Å². The number of methoxy groups -OCH3 is 2. The summed E-state index contributed by atoms with van der Waals surface area (Å²) in [6.07, 6.45) is 4.30. The van der Waals surface area contributed by atoms with Gasteiger partial charge >= 0.3 is 5.97 Å². The summed E-state index contributed by atoms with van der Waals surface area (Å²) in [5.41, 5.74) is -3.57. The SMILES string of the molecule is CCN1C[C@]2(OC(=O)c3ccccc3CC(=O)c3cnc(Cl)cn3)CC[C@H](CO)[C@]34C1[C@H](CC23)[C@@]1(O)C[C@H](OC)[C@H]2CC4[C@]1(O)[C@H]2OC. The number of likely N-dealkylation sites (tertiary alicyclic amines) is 1. The Hall–Kier alpha value is -2.51. The van der Waals surface area contributed by atoms with Crippen molar-refractivity contribution in [2.24, 2.45) is 35.0 Å². The molecule has 12 heteroatoms. The van der Waals surface area contributed by atoms with Crippen LogP contribution in [-0.2, 0) is 20.6 Å². The normalized spacial score (nSPS) is 43.6. The van der Waals surface area contributed by atoms with Crippen molar-refractivity contribution < 1.29 is 39.1 Å². The van der Waals surface area contributed by atoms with E-state index in [1.165, 1.54) is 12.4 Å². The predicted octanol–water partition coefficient (Wildman–Crippen LogP) is 2.73. The van der Waals surface area contributed by atoms with E-state index >= 15 is 0 Å². The number of nitrogens with zero attached hydrogens (tertiary/aromatic N) is 3. The minimum absolute atomic E-state index is 0.0547. The van der Waals surface area contributed by atoms with Crippen LogP contribution >= 0.6 is 11.6 Å². The number of Topliss-reactive ketones (excluding diaryl/α,β-unsaturated/α-hetero) is 1. The quantitative estimate of drug-likeness (QED) is 0.265. The van der Waals surface area contributed by atoms with Gasteiger partial charge in [-0.25, -0.2) is 14.8 Å². The first-order valence-electron chi connectivity index (χ1n) is 17.2. The number of likely N-dealkylation sites (N-methyl/N-ethyl adjacent to an activating group) is 1. The number of rotatable bonds is 9. The maximum absolute atomic E-state index is 14.4. The van der Waals surface area contributed by atoms with Crippen LogP contribution in [0.5, 0.6) is 0 Å². The van der Waals surface area contributed by atoms with E-state index in [4.69, 9.17) is 25.8 Å². The van der Waals surface area contributed by atoms with E-state index in [9.17, 15) is 24.9 Å². The van der Waals surface area contributed by atoms with Gasteiger partial charge in [0, 0.05) is 75.3 Å². The van der Waals surface area contributed by atoms with Gasteiger partial charge in [-0.05, 0) is 49.8 Å². The van der Waals surface area contributed by atoms with E-state index < -0.39 is 40.2 Å². The molecule has 2 aromatic rings. The van der Waals surface area contributed by atoms with Crippen molar-refractivity contribution >= 4 is 23.4 Å². The van der Waals surface area contributed by atoms with Crippen molar-refractivity contribution in [2.75, 3.05) is 33.9 Å².